The first-order chi connectivity index (χ1) is 12.0. The van der Waals surface area contributed by atoms with Crippen molar-refractivity contribution in [3.05, 3.63) is 40.5 Å². The molecule has 0 aliphatic carbocycles. The van der Waals surface area contributed by atoms with E-state index in [9.17, 15) is 14.0 Å². The molecule has 0 saturated carbocycles. The van der Waals surface area contributed by atoms with E-state index in [0.29, 0.717) is 24.3 Å². The van der Waals surface area contributed by atoms with Gasteiger partial charge >= 0.3 is 11.6 Å². The summed E-state index contributed by atoms with van der Waals surface area (Å²) >= 11 is 0. The molecule has 0 unspecified atom stereocenters. The fraction of sp³-hybridized carbons (Fsp3) is 0.474. The molecule has 0 fully saturated rings. The fourth-order valence-electron chi connectivity index (χ4n) is 2.31. The first-order valence-electron chi connectivity index (χ1n) is 8.50. The summed E-state index contributed by atoms with van der Waals surface area (Å²) < 4.78 is 28.9. The van der Waals surface area contributed by atoms with Gasteiger partial charge in [-0.1, -0.05) is 13.8 Å². The molecule has 2 aromatic rings. The fourth-order valence-corrected chi connectivity index (χ4v) is 2.31. The van der Waals surface area contributed by atoms with Gasteiger partial charge in [-0.2, -0.15) is 0 Å². The van der Waals surface area contributed by atoms with Crippen LogP contribution in [0, 0.1) is 11.7 Å². The Hall–Kier alpha value is -2.37. The Morgan fingerprint density at radius 3 is 2.56 bits per heavy atom. The van der Waals surface area contributed by atoms with Crippen molar-refractivity contribution in [2.75, 3.05) is 13.2 Å². The smallest absolute Gasteiger partial charge is 0.339 e. The molecule has 1 aromatic heterocycles. The van der Waals surface area contributed by atoms with E-state index in [1.54, 1.807) is 0 Å². The summed E-state index contributed by atoms with van der Waals surface area (Å²) in [5.74, 6) is -0.335. The predicted octanol–water partition coefficient (Wildman–Crippen LogP) is 4.07. The van der Waals surface area contributed by atoms with E-state index in [1.807, 2.05) is 13.8 Å². The molecular formula is C19H23FO5. The first kappa shape index (κ1) is 19.0. The molecule has 0 N–H and O–H groups in total. The number of carbonyl (C=O) groups excluding carboxylic acids is 1. The Bertz CT molecular complexity index is 766. The highest BCUT2D eigenvalue weighted by molar-refractivity contribution is 5.83. The standard InChI is InChI=1S/C19H23FO5/c1-13(2)19(22)24-10-6-4-3-5-9-23-16-12-18(21)25-17-11-14(20)7-8-15(16)17/h7-8,11-13H,3-6,9-10H2,1-2H3. The molecule has 1 aromatic carbocycles. The molecule has 0 aliphatic rings. The van der Waals surface area contributed by atoms with Gasteiger partial charge in [0.05, 0.1) is 30.6 Å². The van der Waals surface area contributed by atoms with Crippen molar-refractivity contribution in [3.63, 3.8) is 0 Å². The van der Waals surface area contributed by atoms with E-state index in [4.69, 9.17) is 13.9 Å². The summed E-state index contributed by atoms with van der Waals surface area (Å²) in [6.45, 7) is 4.50. The van der Waals surface area contributed by atoms with Crippen LogP contribution in [-0.2, 0) is 9.53 Å². The van der Waals surface area contributed by atoms with Crippen LogP contribution in [0.5, 0.6) is 5.75 Å². The van der Waals surface area contributed by atoms with Crippen LogP contribution in [0.25, 0.3) is 11.0 Å². The molecule has 0 radical (unpaired) electrons. The molecule has 0 saturated heterocycles. The molecule has 0 bridgehead atoms. The third-order valence-electron chi connectivity index (χ3n) is 3.68. The summed E-state index contributed by atoms with van der Waals surface area (Å²) in [6.07, 6.45) is 3.47. The molecule has 0 aliphatic heterocycles. The van der Waals surface area contributed by atoms with Gasteiger partial charge in [0, 0.05) is 6.07 Å². The van der Waals surface area contributed by atoms with E-state index < -0.39 is 11.4 Å². The number of esters is 1. The maximum atomic E-state index is 13.2. The van der Waals surface area contributed by atoms with Gasteiger partial charge in [-0.25, -0.2) is 9.18 Å². The van der Waals surface area contributed by atoms with E-state index in [-0.39, 0.29) is 17.5 Å². The van der Waals surface area contributed by atoms with Crippen LogP contribution in [0.4, 0.5) is 4.39 Å². The second-order valence-electron chi connectivity index (χ2n) is 6.16. The highest BCUT2D eigenvalue weighted by atomic mass is 19.1. The normalized spacial score (nSPS) is 11.0. The third-order valence-corrected chi connectivity index (χ3v) is 3.68. The minimum Gasteiger partial charge on any atom is -0.493 e. The monoisotopic (exact) mass is 350 g/mol. The number of fused-ring (bicyclic) bond motifs is 1. The lowest BCUT2D eigenvalue weighted by Crippen LogP contribution is -2.12. The molecule has 136 valence electrons. The summed E-state index contributed by atoms with van der Waals surface area (Å²) in [6, 6.07) is 5.27. The molecular weight excluding hydrogens is 327 g/mol. The number of ether oxygens (including phenoxy) is 2. The van der Waals surface area contributed by atoms with Gasteiger partial charge in [0.25, 0.3) is 0 Å². The van der Waals surface area contributed by atoms with Crippen LogP contribution in [0.15, 0.2) is 33.5 Å². The van der Waals surface area contributed by atoms with Gasteiger partial charge in [0.1, 0.15) is 17.1 Å². The molecule has 1 heterocycles. The number of benzene rings is 1. The Morgan fingerprint density at radius 1 is 1.12 bits per heavy atom. The van der Waals surface area contributed by atoms with E-state index in [2.05, 4.69) is 0 Å². The summed E-state index contributed by atoms with van der Waals surface area (Å²) in [4.78, 5) is 22.8. The average molecular weight is 350 g/mol. The zero-order chi connectivity index (χ0) is 18.2. The Balaban J connectivity index is 1.73. The van der Waals surface area contributed by atoms with Crippen molar-refractivity contribution in [1.29, 1.82) is 0 Å². The second kappa shape index (κ2) is 9.20. The maximum Gasteiger partial charge on any atom is 0.339 e. The lowest BCUT2D eigenvalue weighted by molar-refractivity contribution is -0.147. The van der Waals surface area contributed by atoms with Crippen molar-refractivity contribution >= 4 is 16.9 Å². The van der Waals surface area contributed by atoms with Crippen LogP contribution in [-0.4, -0.2) is 19.2 Å². The Labute approximate surface area is 145 Å². The molecule has 25 heavy (non-hydrogen) atoms. The minimum absolute atomic E-state index is 0.0970. The number of rotatable bonds is 9. The lowest BCUT2D eigenvalue weighted by Gasteiger charge is -2.09. The van der Waals surface area contributed by atoms with Gasteiger partial charge in [-0.3, -0.25) is 4.79 Å². The van der Waals surface area contributed by atoms with Gasteiger partial charge in [0.15, 0.2) is 0 Å². The van der Waals surface area contributed by atoms with Gasteiger partial charge in [-0.15, -0.1) is 0 Å². The third kappa shape index (κ3) is 5.89. The van der Waals surface area contributed by atoms with Gasteiger partial charge < -0.3 is 13.9 Å². The molecule has 2 rings (SSSR count). The molecule has 5 nitrogen and oxygen atoms in total. The first-order valence-corrected chi connectivity index (χ1v) is 8.50. The summed E-state index contributed by atoms with van der Waals surface area (Å²) in [5, 5.41) is 0.571. The highest BCUT2D eigenvalue weighted by Gasteiger charge is 2.08. The predicted molar refractivity (Wildman–Crippen MR) is 92.2 cm³/mol. The zero-order valence-corrected chi connectivity index (χ0v) is 14.5. The topological polar surface area (TPSA) is 65.7 Å². The average Bonchev–Trinajstić information content (AvgIpc) is 2.56. The Morgan fingerprint density at radius 2 is 1.84 bits per heavy atom. The Kier molecular flexibility index (Phi) is 6.98. The molecule has 0 atom stereocenters. The maximum absolute atomic E-state index is 13.2. The van der Waals surface area contributed by atoms with Crippen molar-refractivity contribution in [2.45, 2.75) is 39.5 Å². The quantitative estimate of drug-likeness (QED) is 0.387. The van der Waals surface area contributed by atoms with Crippen LogP contribution in [0.1, 0.15) is 39.5 Å². The van der Waals surface area contributed by atoms with Crippen molar-refractivity contribution in [3.8, 4) is 5.75 Å². The van der Waals surface area contributed by atoms with E-state index in [0.717, 1.165) is 25.7 Å². The molecule has 0 amide bonds. The number of carbonyl (C=O) groups is 1. The number of unbranched alkanes of at least 4 members (excludes halogenated alkanes) is 3. The SMILES string of the molecule is CC(C)C(=O)OCCCCCCOc1cc(=O)oc2cc(F)ccc12. The highest BCUT2D eigenvalue weighted by Crippen LogP contribution is 2.24. The summed E-state index contributed by atoms with van der Waals surface area (Å²) in [7, 11) is 0. The molecule has 6 heteroatoms. The minimum atomic E-state index is -0.569. The lowest BCUT2D eigenvalue weighted by atomic mass is 10.2. The van der Waals surface area contributed by atoms with Crippen LogP contribution in [0.3, 0.4) is 0 Å². The molecule has 0 spiro atoms. The van der Waals surface area contributed by atoms with Crippen molar-refractivity contribution in [1.82, 2.24) is 0 Å². The summed E-state index contributed by atoms with van der Waals surface area (Å²) in [5.41, 5.74) is -0.394. The van der Waals surface area contributed by atoms with Crippen molar-refractivity contribution < 1.29 is 23.1 Å². The van der Waals surface area contributed by atoms with Gasteiger partial charge in [-0.05, 0) is 37.8 Å². The van der Waals surface area contributed by atoms with E-state index >= 15 is 0 Å². The largest absolute Gasteiger partial charge is 0.493 e. The van der Waals surface area contributed by atoms with Crippen LogP contribution < -0.4 is 10.4 Å². The van der Waals surface area contributed by atoms with Gasteiger partial charge in [0.2, 0.25) is 0 Å². The zero-order valence-electron chi connectivity index (χ0n) is 14.5. The number of hydrogen-bond donors (Lipinski definition) is 0. The number of hydrogen-bond acceptors (Lipinski definition) is 5. The van der Waals surface area contributed by atoms with Crippen LogP contribution in [0.2, 0.25) is 0 Å². The van der Waals surface area contributed by atoms with E-state index in [1.165, 1.54) is 24.3 Å². The number of halogens is 1. The van der Waals surface area contributed by atoms with Crippen LogP contribution >= 0.6 is 0 Å². The second-order valence-corrected chi connectivity index (χ2v) is 6.16. The van der Waals surface area contributed by atoms with Crippen molar-refractivity contribution in [2.24, 2.45) is 5.92 Å².